The Morgan fingerprint density at radius 3 is 1.68 bits per heavy atom. The molecule has 0 atom stereocenters. The number of carbonyl (C=O) groups is 2. The third kappa shape index (κ3) is 15.5. The van der Waals surface area contributed by atoms with Gasteiger partial charge in [0.1, 0.15) is 0 Å². The number of benzene rings is 1. The predicted molar refractivity (Wildman–Crippen MR) is 160 cm³/mol. The highest BCUT2D eigenvalue weighted by Crippen LogP contribution is 2.17. The number of unbranched alkanes of at least 4 members (excludes halogenated alkanes) is 18. The van der Waals surface area contributed by atoms with Crippen LogP contribution in [-0.4, -0.2) is 43.0 Å². The van der Waals surface area contributed by atoms with Crippen molar-refractivity contribution >= 4 is 17.5 Å². The predicted octanol–water partition coefficient (Wildman–Crippen LogP) is 8.92. The van der Waals surface area contributed by atoms with E-state index in [1.165, 1.54) is 109 Å². The van der Waals surface area contributed by atoms with Crippen LogP contribution in [0.3, 0.4) is 0 Å². The van der Waals surface area contributed by atoms with Gasteiger partial charge < -0.3 is 15.0 Å². The van der Waals surface area contributed by atoms with E-state index >= 15 is 0 Å². The highest BCUT2D eigenvalue weighted by molar-refractivity contribution is 5.97. The molecule has 0 radical (unpaired) electrons. The highest BCUT2D eigenvalue weighted by atomic mass is 16.5. The zero-order chi connectivity index (χ0) is 27.1. The summed E-state index contributed by atoms with van der Waals surface area (Å²) in [6.45, 7) is 4.69. The van der Waals surface area contributed by atoms with Crippen molar-refractivity contribution < 1.29 is 14.3 Å². The minimum absolute atomic E-state index is 0.00296. The summed E-state index contributed by atoms with van der Waals surface area (Å²) in [5.74, 6) is 0.0381. The van der Waals surface area contributed by atoms with Crippen molar-refractivity contribution in [3.8, 4) is 0 Å². The maximum absolute atomic E-state index is 12.7. The van der Waals surface area contributed by atoms with E-state index < -0.39 is 0 Å². The van der Waals surface area contributed by atoms with Crippen molar-refractivity contribution in [3.63, 3.8) is 0 Å². The first-order chi connectivity index (χ1) is 18.7. The van der Waals surface area contributed by atoms with E-state index in [9.17, 15) is 9.59 Å². The maximum atomic E-state index is 12.7. The average molecular weight is 529 g/mol. The topological polar surface area (TPSA) is 58.6 Å². The van der Waals surface area contributed by atoms with Crippen molar-refractivity contribution in [1.29, 1.82) is 0 Å². The van der Waals surface area contributed by atoms with E-state index in [2.05, 4.69) is 12.2 Å². The summed E-state index contributed by atoms with van der Waals surface area (Å²) in [5, 5.41) is 2.96. The number of rotatable bonds is 22. The molecule has 5 nitrogen and oxygen atoms in total. The largest absolute Gasteiger partial charge is 0.378 e. The molecular formula is C33H56N2O3. The van der Waals surface area contributed by atoms with Gasteiger partial charge in [0.2, 0.25) is 5.91 Å². The van der Waals surface area contributed by atoms with Crippen LogP contribution < -0.4 is 5.32 Å². The summed E-state index contributed by atoms with van der Waals surface area (Å²) in [5.41, 5.74) is 1.32. The minimum Gasteiger partial charge on any atom is -0.378 e. The lowest BCUT2D eigenvalue weighted by atomic mass is 10.0. The zero-order valence-electron chi connectivity index (χ0n) is 24.5. The summed E-state index contributed by atoms with van der Waals surface area (Å²) in [6, 6.07) is 7.28. The normalized spacial score (nSPS) is 13.6. The van der Waals surface area contributed by atoms with E-state index in [1.807, 2.05) is 23.1 Å². The van der Waals surface area contributed by atoms with Crippen LogP contribution in [0.2, 0.25) is 0 Å². The molecule has 1 heterocycles. The number of nitrogens with one attached hydrogen (secondary N) is 1. The van der Waals surface area contributed by atoms with Crippen molar-refractivity contribution in [3.05, 3.63) is 29.8 Å². The van der Waals surface area contributed by atoms with E-state index in [1.54, 1.807) is 6.07 Å². The number of carbonyl (C=O) groups excluding carboxylic acids is 2. The SMILES string of the molecule is CCCCCCCCCCCCCCCCCCCCCC(=O)Nc1cccc(C(=O)N2CCOCC2)c1. The minimum atomic E-state index is 0.00296. The fourth-order valence-corrected chi connectivity index (χ4v) is 5.27. The van der Waals surface area contributed by atoms with Gasteiger partial charge >= 0.3 is 0 Å². The van der Waals surface area contributed by atoms with Crippen molar-refractivity contribution in [2.45, 2.75) is 135 Å². The Morgan fingerprint density at radius 2 is 1.18 bits per heavy atom. The number of anilines is 1. The van der Waals surface area contributed by atoms with Gasteiger partial charge in [-0.15, -0.1) is 0 Å². The lowest BCUT2D eigenvalue weighted by molar-refractivity contribution is -0.116. The third-order valence-electron chi connectivity index (χ3n) is 7.70. The van der Waals surface area contributed by atoms with Crippen LogP contribution >= 0.6 is 0 Å². The zero-order valence-corrected chi connectivity index (χ0v) is 24.5. The molecule has 1 saturated heterocycles. The summed E-state index contributed by atoms with van der Waals surface area (Å²) in [7, 11) is 0. The molecule has 1 fully saturated rings. The molecule has 2 amide bonds. The molecule has 0 saturated carbocycles. The van der Waals surface area contributed by atoms with Gasteiger partial charge in [-0.3, -0.25) is 9.59 Å². The van der Waals surface area contributed by atoms with Crippen LogP contribution in [0.15, 0.2) is 24.3 Å². The van der Waals surface area contributed by atoms with Gasteiger partial charge in [0.15, 0.2) is 0 Å². The maximum Gasteiger partial charge on any atom is 0.254 e. The molecule has 0 unspecified atom stereocenters. The van der Waals surface area contributed by atoms with Crippen molar-refractivity contribution in [2.24, 2.45) is 0 Å². The summed E-state index contributed by atoms with van der Waals surface area (Å²) < 4.78 is 5.33. The number of ether oxygens (including phenoxy) is 1. The first kappa shape index (κ1) is 32.3. The van der Waals surface area contributed by atoms with E-state index in [4.69, 9.17) is 4.74 Å². The summed E-state index contributed by atoms with van der Waals surface area (Å²) in [6.07, 6.45) is 26.2. The lowest BCUT2D eigenvalue weighted by Gasteiger charge is -2.27. The van der Waals surface area contributed by atoms with Crippen LogP contribution in [-0.2, 0) is 9.53 Å². The number of nitrogens with zero attached hydrogens (tertiary/aromatic N) is 1. The molecule has 0 bridgehead atoms. The second-order valence-corrected chi connectivity index (χ2v) is 11.1. The van der Waals surface area contributed by atoms with Crippen molar-refractivity contribution in [2.75, 3.05) is 31.6 Å². The molecule has 0 aromatic heterocycles. The number of morpholine rings is 1. The summed E-state index contributed by atoms with van der Waals surface area (Å²) >= 11 is 0. The molecule has 5 heteroatoms. The van der Waals surface area contributed by atoms with Crippen LogP contribution in [0.5, 0.6) is 0 Å². The molecule has 1 aromatic rings. The third-order valence-corrected chi connectivity index (χ3v) is 7.70. The summed E-state index contributed by atoms with van der Waals surface area (Å²) in [4.78, 5) is 26.8. The fraction of sp³-hybridized carbons (Fsp3) is 0.758. The lowest BCUT2D eigenvalue weighted by Crippen LogP contribution is -2.40. The van der Waals surface area contributed by atoms with Gasteiger partial charge in [0.25, 0.3) is 5.91 Å². The second kappa shape index (κ2) is 22.0. The van der Waals surface area contributed by atoms with E-state index in [-0.39, 0.29) is 11.8 Å². The van der Waals surface area contributed by atoms with E-state index in [0.717, 1.165) is 12.8 Å². The fourth-order valence-electron chi connectivity index (χ4n) is 5.27. The molecule has 1 aliphatic rings. The first-order valence-corrected chi connectivity index (χ1v) is 16.0. The van der Waals surface area contributed by atoms with Gasteiger partial charge in [-0.25, -0.2) is 0 Å². The Morgan fingerprint density at radius 1 is 0.711 bits per heavy atom. The Kier molecular flexibility index (Phi) is 18.7. The molecule has 1 N–H and O–H groups in total. The first-order valence-electron chi connectivity index (χ1n) is 16.0. The van der Waals surface area contributed by atoms with Gasteiger partial charge in [0.05, 0.1) is 13.2 Å². The monoisotopic (exact) mass is 528 g/mol. The van der Waals surface area contributed by atoms with Gasteiger partial charge in [0, 0.05) is 30.8 Å². The number of hydrogen-bond acceptors (Lipinski definition) is 3. The van der Waals surface area contributed by atoms with Gasteiger partial charge in [-0.05, 0) is 24.6 Å². The molecular weight excluding hydrogens is 472 g/mol. The average Bonchev–Trinajstić information content (AvgIpc) is 2.94. The van der Waals surface area contributed by atoms with Crippen LogP contribution in [0.25, 0.3) is 0 Å². The smallest absolute Gasteiger partial charge is 0.254 e. The Labute approximate surface area is 233 Å². The second-order valence-electron chi connectivity index (χ2n) is 11.1. The number of amides is 2. The molecule has 2 rings (SSSR count). The standard InChI is InChI=1S/C33H56N2O3/c1-2-3-4-5-6-7-8-9-10-11-12-13-14-15-16-17-18-19-20-24-32(36)34-31-23-21-22-30(29-31)33(37)35-25-27-38-28-26-35/h21-23,29H,2-20,24-28H2,1H3,(H,34,36). The molecule has 1 aliphatic heterocycles. The van der Waals surface area contributed by atoms with Crippen LogP contribution in [0, 0.1) is 0 Å². The van der Waals surface area contributed by atoms with Crippen molar-refractivity contribution in [1.82, 2.24) is 4.90 Å². The Bertz CT molecular complexity index is 746. The van der Waals surface area contributed by atoms with Crippen LogP contribution in [0.1, 0.15) is 146 Å². The molecule has 38 heavy (non-hydrogen) atoms. The number of hydrogen-bond donors (Lipinski definition) is 1. The highest BCUT2D eigenvalue weighted by Gasteiger charge is 2.18. The Balaban J connectivity index is 1.38. The molecule has 0 aliphatic carbocycles. The van der Waals surface area contributed by atoms with E-state index in [0.29, 0.717) is 44.0 Å². The van der Waals surface area contributed by atoms with Gasteiger partial charge in [-0.1, -0.05) is 129 Å². The molecule has 0 spiro atoms. The van der Waals surface area contributed by atoms with Crippen LogP contribution in [0.4, 0.5) is 5.69 Å². The quantitative estimate of drug-likeness (QED) is 0.153. The Hall–Kier alpha value is -1.88. The molecule has 1 aromatic carbocycles. The van der Waals surface area contributed by atoms with Gasteiger partial charge in [-0.2, -0.15) is 0 Å². The molecule has 216 valence electrons.